The van der Waals surface area contributed by atoms with Gasteiger partial charge in [0.2, 0.25) is 5.91 Å². The second-order valence-electron chi connectivity index (χ2n) is 7.14. The van der Waals surface area contributed by atoms with Gasteiger partial charge in [-0.05, 0) is 30.7 Å². The Kier molecular flexibility index (Phi) is 4.66. The molecule has 3 rings (SSSR count). The molecule has 4 N–H and O–H groups in total. The number of carbonyl (C=O) groups is 1. The van der Waals surface area contributed by atoms with Crippen LogP contribution < -0.4 is 21.5 Å². The molecule has 0 spiro atoms. The van der Waals surface area contributed by atoms with Gasteiger partial charge in [-0.1, -0.05) is 26.0 Å². The lowest BCUT2D eigenvalue weighted by molar-refractivity contribution is -0.124. The molecular weight excluding hydrogens is 295 g/mol. The van der Waals surface area contributed by atoms with Gasteiger partial charge in [0.1, 0.15) is 11.9 Å². The smallest absolute Gasteiger partial charge is 0.238 e. The van der Waals surface area contributed by atoms with Crippen molar-refractivity contribution in [2.24, 2.45) is 5.92 Å². The Morgan fingerprint density at radius 2 is 2.22 bits per heavy atom. The molecule has 0 radical (unpaired) electrons. The number of hydrogen-bond donors (Lipinski definition) is 4. The third-order valence-corrected chi connectivity index (χ3v) is 4.97. The maximum absolute atomic E-state index is 13.4. The van der Waals surface area contributed by atoms with Gasteiger partial charge in [0, 0.05) is 30.5 Å². The molecule has 2 heterocycles. The van der Waals surface area contributed by atoms with E-state index in [9.17, 15) is 9.18 Å². The van der Waals surface area contributed by atoms with Crippen LogP contribution in [0.25, 0.3) is 0 Å². The highest BCUT2D eigenvalue weighted by atomic mass is 19.1. The number of benzene rings is 1. The average Bonchev–Trinajstić information content (AvgIpc) is 2.97. The molecule has 0 aromatic heterocycles. The first-order chi connectivity index (χ1) is 11.0. The van der Waals surface area contributed by atoms with Gasteiger partial charge in [0.25, 0.3) is 0 Å². The Morgan fingerprint density at radius 1 is 1.39 bits per heavy atom. The van der Waals surface area contributed by atoms with Crippen LogP contribution in [-0.2, 0) is 10.2 Å². The number of rotatable bonds is 4. The van der Waals surface area contributed by atoms with Crippen molar-refractivity contribution < 1.29 is 9.18 Å². The van der Waals surface area contributed by atoms with Crippen molar-refractivity contribution >= 4 is 5.91 Å². The Bertz CT molecular complexity index is 577. The zero-order chi connectivity index (χ0) is 16.4. The number of fused-ring (bicyclic) bond motifs is 1. The summed E-state index contributed by atoms with van der Waals surface area (Å²) >= 11 is 0. The van der Waals surface area contributed by atoms with E-state index in [1.54, 1.807) is 6.07 Å². The van der Waals surface area contributed by atoms with Crippen LogP contribution in [-0.4, -0.2) is 37.6 Å². The Labute approximate surface area is 136 Å². The Hall–Kier alpha value is -1.50. The van der Waals surface area contributed by atoms with Crippen LogP contribution in [0.1, 0.15) is 25.8 Å². The summed E-state index contributed by atoms with van der Waals surface area (Å²) in [6, 6.07) is 6.69. The minimum absolute atomic E-state index is 0.00169. The molecule has 0 saturated carbocycles. The van der Waals surface area contributed by atoms with Crippen molar-refractivity contribution in [1.29, 1.82) is 0 Å². The summed E-state index contributed by atoms with van der Waals surface area (Å²) in [4.78, 5) is 12.5. The van der Waals surface area contributed by atoms with Crippen LogP contribution in [0.3, 0.4) is 0 Å². The van der Waals surface area contributed by atoms with E-state index in [0.717, 1.165) is 25.1 Å². The minimum atomic E-state index is -0.325. The van der Waals surface area contributed by atoms with E-state index in [2.05, 4.69) is 21.5 Å². The fraction of sp³-hybridized carbons (Fsp3) is 0.588. The molecule has 3 atom stereocenters. The van der Waals surface area contributed by atoms with Crippen molar-refractivity contribution in [3.63, 3.8) is 0 Å². The SMILES string of the molecule is CC(C)(CNC(=O)C1NNC2CCNCC21)c1cccc(F)c1. The maximum Gasteiger partial charge on any atom is 0.238 e. The summed E-state index contributed by atoms with van der Waals surface area (Å²) in [6.07, 6.45) is 1.02. The lowest BCUT2D eigenvalue weighted by Crippen LogP contribution is -2.51. The summed E-state index contributed by atoms with van der Waals surface area (Å²) in [5.74, 6) is 0.0129. The lowest BCUT2D eigenvalue weighted by atomic mass is 9.84. The number of carbonyl (C=O) groups excluding carboxylic acids is 1. The molecule has 1 aromatic rings. The first-order valence-corrected chi connectivity index (χ1v) is 8.23. The van der Waals surface area contributed by atoms with Crippen molar-refractivity contribution in [1.82, 2.24) is 21.5 Å². The quantitative estimate of drug-likeness (QED) is 0.659. The lowest BCUT2D eigenvalue weighted by Gasteiger charge is -2.29. The van der Waals surface area contributed by atoms with Crippen molar-refractivity contribution in [3.8, 4) is 0 Å². The second kappa shape index (κ2) is 6.55. The van der Waals surface area contributed by atoms with Gasteiger partial charge in [-0.2, -0.15) is 0 Å². The van der Waals surface area contributed by atoms with Crippen LogP contribution >= 0.6 is 0 Å². The first kappa shape index (κ1) is 16.4. The zero-order valence-corrected chi connectivity index (χ0v) is 13.7. The van der Waals surface area contributed by atoms with E-state index in [1.165, 1.54) is 12.1 Å². The molecule has 2 saturated heterocycles. The molecule has 3 unspecified atom stereocenters. The predicted molar refractivity (Wildman–Crippen MR) is 87.3 cm³/mol. The van der Waals surface area contributed by atoms with E-state index in [-0.39, 0.29) is 29.1 Å². The third kappa shape index (κ3) is 3.54. The number of hydrazine groups is 1. The summed E-state index contributed by atoms with van der Waals surface area (Å²) in [5.41, 5.74) is 6.90. The molecule has 0 bridgehead atoms. The fourth-order valence-electron chi connectivity index (χ4n) is 3.41. The Balaban J connectivity index is 1.60. The number of piperidine rings is 1. The molecule has 126 valence electrons. The van der Waals surface area contributed by atoms with Crippen LogP contribution in [0, 0.1) is 11.7 Å². The second-order valence-corrected chi connectivity index (χ2v) is 7.14. The van der Waals surface area contributed by atoms with Gasteiger partial charge in [-0.3, -0.25) is 10.2 Å². The summed E-state index contributed by atoms with van der Waals surface area (Å²) in [6.45, 7) is 6.31. The molecule has 23 heavy (non-hydrogen) atoms. The molecule has 5 nitrogen and oxygen atoms in total. The molecule has 2 fully saturated rings. The predicted octanol–water partition coefficient (Wildman–Crippen LogP) is 0.674. The van der Waals surface area contributed by atoms with E-state index >= 15 is 0 Å². The van der Waals surface area contributed by atoms with Crippen LogP contribution in [0.15, 0.2) is 24.3 Å². The van der Waals surface area contributed by atoms with Gasteiger partial charge >= 0.3 is 0 Å². The van der Waals surface area contributed by atoms with Crippen LogP contribution in [0.5, 0.6) is 0 Å². The van der Waals surface area contributed by atoms with Crippen molar-refractivity contribution in [2.45, 2.75) is 37.8 Å². The summed E-state index contributed by atoms with van der Waals surface area (Å²) < 4.78 is 13.4. The molecule has 2 aliphatic rings. The van der Waals surface area contributed by atoms with E-state index in [1.807, 2.05) is 19.9 Å². The fourth-order valence-corrected chi connectivity index (χ4v) is 3.41. The van der Waals surface area contributed by atoms with Gasteiger partial charge < -0.3 is 10.6 Å². The van der Waals surface area contributed by atoms with Crippen LogP contribution in [0.4, 0.5) is 4.39 Å². The van der Waals surface area contributed by atoms with E-state index in [4.69, 9.17) is 0 Å². The highest BCUT2D eigenvalue weighted by molar-refractivity contribution is 5.82. The van der Waals surface area contributed by atoms with Crippen molar-refractivity contribution in [3.05, 3.63) is 35.6 Å². The highest BCUT2D eigenvalue weighted by Crippen LogP contribution is 2.24. The Morgan fingerprint density at radius 3 is 3.00 bits per heavy atom. The molecule has 1 amide bonds. The number of hydrogen-bond acceptors (Lipinski definition) is 4. The molecule has 6 heteroatoms. The van der Waals surface area contributed by atoms with E-state index < -0.39 is 0 Å². The largest absolute Gasteiger partial charge is 0.354 e. The minimum Gasteiger partial charge on any atom is -0.354 e. The summed E-state index contributed by atoms with van der Waals surface area (Å²) in [5, 5.41) is 6.37. The van der Waals surface area contributed by atoms with Crippen molar-refractivity contribution in [2.75, 3.05) is 19.6 Å². The van der Waals surface area contributed by atoms with Gasteiger partial charge in [0.15, 0.2) is 0 Å². The molecular formula is C17H25FN4O. The number of nitrogens with one attached hydrogen (secondary N) is 4. The normalized spacial score (nSPS) is 27.5. The number of amides is 1. The molecule has 2 aliphatic heterocycles. The average molecular weight is 320 g/mol. The van der Waals surface area contributed by atoms with Gasteiger partial charge in [0.05, 0.1) is 0 Å². The number of halogens is 1. The topological polar surface area (TPSA) is 65.2 Å². The summed E-state index contributed by atoms with van der Waals surface area (Å²) in [7, 11) is 0. The molecule has 0 aliphatic carbocycles. The van der Waals surface area contributed by atoms with Gasteiger partial charge in [-0.25, -0.2) is 9.82 Å². The highest BCUT2D eigenvalue weighted by Gasteiger charge is 2.41. The zero-order valence-electron chi connectivity index (χ0n) is 13.7. The van der Waals surface area contributed by atoms with Gasteiger partial charge in [-0.15, -0.1) is 0 Å². The monoisotopic (exact) mass is 320 g/mol. The standard InChI is InChI=1S/C17H25FN4O/c1-17(2,11-4-3-5-12(18)8-11)10-20-16(23)15-13-9-19-7-6-14(13)21-22-15/h3-5,8,13-15,19,21-22H,6-7,9-10H2,1-2H3,(H,20,23). The molecule has 1 aromatic carbocycles. The third-order valence-electron chi connectivity index (χ3n) is 4.97. The van der Waals surface area contributed by atoms with E-state index in [0.29, 0.717) is 12.6 Å². The maximum atomic E-state index is 13.4. The van der Waals surface area contributed by atoms with Crippen LogP contribution in [0.2, 0.25) is 0 Å². The first-order valence-electron chi connectivity index (χ1n) is 8.23.